The van der Waals surface area contributed by atoms with Crippen molar-refractivity contribution in [3.05, 3.63) is 60.2 Å². The van der Waals surface area contributed by atoms with Gasteiger partial charge in [0, 0.05) is 17.8 Å². The second kappa shape index (κ2) is 11.3. The summed E-state index contributed by atoms with van der Waals surface area (Å²) in [6.45, 7) is 4.77. The minimum absolute atomic E-state index is 0. The number of halogens is 1. The molecule has 0 aliphatic heterocycles. The molecule has 140 valence electrons. The number of amides is 1. The van der Waals surface area contributed by atoms with Crippen LogP contribution >= 0.6 is 24.0 Å². The Kier molecular flexibility index (Phi) is 9.50. The molecule has 0 spiro atoms. The number of nitrogens with one attached hydrogen (secondary N) is 2. The molecule has 0 unspecified atom stereocenters. The molecular formula is C19H25IN4O2. The van der Waals surface area contributed by atoms with E-state index in [0.29, 0.717) is 24.6 Å². The average molecular weight is 468 g/mol. The fourth-order valence-corrected chi connectivity index (χ4v) is 2.11. The van der Waals surface area contributed by atoms with Crippen molar-refractivity contribution >= 4 is 41.5 Å². The predicted octanol–water partition coefficient (Wildman–Crippen LogP) is 3.25. The van der Waals surface area contributed by atoms with Gasteiger partial charge in [-0.3, -0.25) is 9.79 Å². The number of anilines is 1. The van der Waals surface area contributed by atoms with Crippen molar-refractivity contribution in [2.24, 2.45) is 10.7 Å². The lowest BCUT2D eigenvalue weighted by Gasteiger charge is -2.11. The van der Waals surface area contributed by atoms with Gasteiger partial charge in [-0.15, -0.1) is 24.0 Å². The van der Waals surface area contributed by atoms with E-state index in [1.807, 2.05) is 56.3 Å². The van der Waals surface area contributed by atoms with Crippen molar-refractivity contribution < 1.29 is 9.53 Å². The number of benzene rings is 2. The maximum atomic E-state index is 11.9. The molecule has 0 heterocycles. The summed E-state index contributed by atoms with van der Waals surface area (Å²) in [5, 5.41) is 5.80. The molecule has 26 heavy (non-hydrogen) atoms. The highest BCUT2D eigenvalue weighted by atomic mass is 127. The van der Waals surface area contributed by atoms with Gasteiger partial charge in [-0.1, -0.05) is 18.2 Å². The van der Waals surface area contributed by atoms with Crippen LogP contribution in [0.1, 0.15) is 24.2 Å². The van der Waals surface area contributed by atoms with Crippen molar-refractivity contribution in [2.75, 3.05) is 18.4 Å². The molecule has 0 bridgehead atoms. The number of carbonyl (C=O) groups excluding carboxylic acids is 1. The molecule has 1 amide bonds. The molecule has 0 aliphatic carbocycles. The third-order valence-electron chi connectivity index (χ3n) is 3.21. The van der Waals surface area contributed by atoms with Gasteiger partial charge < -0.3 is 21.1 Å². The Hall–Kier alpha value is -2.29. The molecule has 0 saturated heterocycles. The average Bonchev–Trinajstić information content (AvgIpc) is 2.60. The Balaban J connectivity index is 0.00000338. The van der Waals surface area contributed by atoms with E-state index in [1.165, 1.54) is 0 Å². The van der Waals surface area contributed by atoms with Crippen LogP contribution in [0.25, 0.3) is 0 Å². The Morgan fingerprint density at radius 1 is 1.12 bits per heavy atom. The summed E-state index contributed by atoms with van der Waals surface area (Å²) < 4.78 is 5.58. The molecular weight excluding hydrogens is 443 g/mol. The topological polar surface area (TPSA) is 88.7 Å². The zero-order valence-electron chi connectivity index (χ0n) is 14.9. The van der Waals surface area contributed by atoms with Gasteiger partial charge in [0.05, 0.1) is 12.6 Å². The van der Waals surface area contributed by atoms with E-state index in [-0.39, 0.29) is 36.0 Å². The number of ether oxygens (including phenoxy) is 1. The van der Waals surface area contributed by atoms with Gasteiger partial charge in [-0.05, 0) is 50.2 Å². The molecule has 7 heteroatoms. The molecule has 6 nitrogen and oxygen atoms in total. The van der Waals surface area contributed by atoms with Crippen LogP contribution in [0.5, 0.6) is 5.75 Å². The molecule has 0 aromatic heterocycles. The van der Waals surface area contributed by atoms with Gasteiger partial charge >= 0.3 is 0 Å². The second-order valence-corrected chi connectivity index (χ2v) is 5.70. The minimum Gasteiger partial charge on any atom is -0.491 e. The van der Waals surface area contributed by atoms with Crippen LogP contribution < -0.4 is 21.1 Å². The quantitative estimate of drug-likeness (QED) is 0.252. The number of nitrogens with zero attached hydrogens (tertiary/aromatic N) is 1. The summed E-state index contributed by atoms with van der Waals surface area (Å²) in [7, 11) is 0. The van der Waals surface area contributed by atoms with Crippen molar-refractivity contribution in [1.82, 2.24) is 5.32 Å². The molecule has 4 N–H and O–H groups in total. The smallest absolute Gasteiger partial charge is 0.251 e. The number of nitrogens with two attached hydrogens (primary N) is 1. The Labute approximate surface area is 171 Å². The Bertz CT molecular complexity index is 703. The first-order valence-corrected chi connectivity index (χ1v) is 8.21. The molecule has 2 aromatic rings. The van der Waals surface area contributed by atoms with E-state index in [0.717, 1.165) is 11.4 Å². The fraction of sp³-hybridized carbons (Fsp3) is 0.263. The number of carbonyl (C=O) groups is 1. The van der Waals surface area contributed by atoms with Gasteiger partial charge in [0.2, 0.25) is 0 Å². The zero-order valence-corrected chi connectivity index (χ0v) is 17.3. The third kappa shape index (κ3) is 7.73. The van der Waals surface area contributed by atoms with Crippen LogP contribution in [0, 0.1) is 0 Å². The van der Waals surface area contributed by atoms with Gasteiger partial charge in [0.1, 0.15) is 5.75 Å². The van der Waals surface area contributed by atoms with E-state index in [2.05, 4.69) is 15.6 Å². The second-order valence-electron chi connectivity index (χ2n) is 5.70. The lowest BCUT2D eigenvalue weighted by Crippen LogP contribution is -2.28. The highest BCUT2D eigenvalue weighted by molar-refractivity contribution is 14.0. The fourth-order valence-electron chi connectivity index (χ4n) is 2.11. The monoisotopic (exact) mass is 468 g/mol. The molecule has 2 rings (SSSR count). The zero-order chi connectivity index (χ0) is 18.1. The molecule has 0 fully saturated rings. The first-order chi connectivity index (χ1) is 12.0. The van der Waals surface area contributed by atoms with Gasteiger partial charge in [-0.25, -0.2) is 0 Å². The number of aliphatic imine (C=N–C) groups is 1. The van der Waals surface area contributed by atoms with Crippen LogP contribution in [-0.2, 0) is 0 Å². The van der Waals surface area contributed by atoms with Crippen molar-refractivity contribution in [3.63, 3.8) is 0 Å². The predicted molar refractivity (Wildman–Crippen MR) is 117 cm³/mol. The number of hydrogen-bond acceptors (Lipinski definition) is 3. The minimum atomic E-state index is -0.122. The summed E-state index contributed by atoms with van der Waals surface area (Å²) in [6, 6.07) is 16.5. The normalized spacial score (nSPS) is 10.8. The number of guanidine groups is 1. The molecule has 0 atom stereocenters. The largest absolute Gasteiger partial charge is 0.491 e. The summed E-state index contributed by atoms with van der Waals surface area (Å²) in [6.07, 6.45) is 0.136. The summed E-state index contributed by atoms with van der Waals surface area (Å²) in [5.41, 5.74) is 7.30. The third-order valence-corrected chi connectivity index (χ3v) is 3.21. The van der Waals surface area contributed by atoms with E-state index in [4.69, 9.17) is 10.5 Å². The van der Waals surface area contributed by atoms with E-state index < -0.39 is 0 Å². The molecule has 0 saturated carbocycles. The highest BCUT2D eigenvalue weighted by Gasteiger charge is 2.03. The molecule has 0 aliphatic rings. The van der Waals surface area contributed by atoms with Gasteiger partial charge in [-0.2, -0.15) is 0 Å². The Morgan fingerprint density at radius 3 is 2.38 bits per heavy atom. The first kappa shape index (κ1) is 21.8. The van der Waals surface area contributed by atoms with Gasteiger partial charge in [0.25, 0.3) is 5.91 Å². The maximum absolute atomic E-state index is 11.9. The van der Waals surface area contributed by atoms with Crippen molar-refractivity contribution in [3.8, 4) is 5.75 Å². The summed E-state index contributed by atoms with van der Waals surface area (Å²) >= 11 is 0. The van der Waals surface area contributed by atoms with Crippen LogP contribution in [0.4, 0.5) is 5.69 Å². The maximum Gasteiger partial charge on any atom is 0.251 e. The Morgan fingerprint density at radius 2 is 1.77 bits per heavy atom. The SMILES string of the molecule is CC(C)Oc1ccc(NC(N)=NCCNC(=O)c2ccccc2)cc1.I. The van der Waals surface area contributed by atoms with Crippen molar-refractivity contribution in [1.29, 1.82) is 0 Å². The van der Waals surface area contributed by atoms with Crippen LogP contribution in [0.3, 0.4) is 0 Å². The summed E-state index contributed by atoms with van der Waals surface area (Å²) in [4.78, 5) is 16.1. The number of hydrogen-bond donors (Lipinski definition) is 3. The first-order valence-electron chi connectivity index (χ1n) is 8.21. The van der Waals surface area contributed by atoms with Crippen LogP contribution in [0.2, 0.25) is 0 Å². The van der Waals surface area contributed by atoms with E-state index in [1.54, 1.807) is 12.1 Å². The molecule has 2 aromatic carbocycles. The van der Waals surface area contributed by atoms with Crippen molar-refractivity contribution in [2.45, 2.75) is 20.0 Å². The standard InChI is InChI=1S/C19H24N4O2.HI/c1-14(2)25-17-10-8-16(9-11-17)23-19(20)22-13-12-21-18(24)15-6-4-3-5-7-15;/h3-11,14H,12-13H2,1-2H3,(H,21,24)(H3,20,22,23);1H. The summed E-state index contributed by atoms with van der Waals surface area (Å²) in [5.74, 6) is 0.981. The van der Waals surface area contributed by atoms with E-state index in [9.17, 15) is 4.79 Å². The highest BCUT2D eigenvalue weighted by Crippen LogP contribution is 2.16. The number of rotatable bonds is 7. The lowest BCUT2D eigenvalue weighted by molar-refractivity contribution is 0.0955. The lowest BCUT2D eigenvalue weighted by atomic mass is 10.2. The van der Waals surface area contributed by atoms with Crippen LogP contribution in [0.15, 0.2) is 59.6 Å². The van der Waals surface area contributed by atoms with Gasteiger partial charge in [0.15, 0.2) is 5.96 Å². The van der Waals surface area contributed by atoms with E-state index >= 15 is 0 Å². The molecule has 0 radical (unpaired) electrons. The van der Waals surface area contributed by atoms with Crippen LogP contribution in [-0.4, -0.2) is 31.1 Å².